The smallest absolute Gasteiger partial charge is 0.207 e. The highest BCUT2D eigenvalue weighted by molar-refractivity contribution is 7.89. The molecule has 1 aliphatic rings. The van der Waals surface area contributed by atoms with Crippen LogP contribution < -0.4 is 0 Å². The Morgan fingerprint density at radius 3 is 2.63 bits per heavy atom. The fraction of sp³-hybridized carbons (Fsp3) is 0.357. The lowest BCUT2D eigenvalue weighted by Gasteiger charge is -2.20. The van der Waals surface area contributed by atoms with Crippen molar-refractivity contribution in [1.82, 2.24) is 4.31 Å². The van der Waals surface area contributed by atoms with Gasteiger partial charge < -0.3 is 0 Å². The lowest BCUT2D eigenvalue weighted by molar-refractivity contribution is 0.430. The molecule has 0 heterocycles. The zero-order valence-corrected chi connectivity index (χ0v) is 11.2. The van der Waals surface area contributed by atoms with E-state index in [1.807, 2.05) is 6.07 Å². The van der Waals surface area contributed by atoms with Crippen LogP contribution in [0.5, 0.6) is 0 Å². The van der Waals surface area contributed by atoms with E-state index in [9.17, 15) is 8.42 Å². The largest absolute Gasteiger partial charge is 0.245 e. The molecule has 0 atom stereocenters. The van der Waals surface area contributed by atoms with Crippen LogP contribution in [0.2, 0.25) is 0 Å². The molecule has 0 unspecified atom stereocenters. The van der Waals surface area contributed by atoms with E-state index < -0.39 is 10.0 Å². The molecule has 1 aliphatic carbocycles. The van der Waals surface area contributed by atoms with Gasteiger partial charge in [-0.3, -0.25) is 0 Å². The number of hydrogen-bond acceptors (Lipinski definition) is 3. The molecule has 2 rings (SSSR count). The molecule has 0 radical (unpaired) electrons. The molecule has 0 aromatic heterocycles. The Morgan fingerprint density at radius 2 is 2.05 bits per heavy atom. The first-order valence-corrected chi connectivity index (χ1v) is 7.46. The minimum atomic E-state index is -3.69. The highest BCUT2D eigenvalue weighted by atomic mass is 32.2. The first-order chi connectivity index (χ1) is 9.09. The number of nitriles is 1. The summed E-state index contributed by atoms with van der Waals surface area (Å²) in [6.07, 6.45) is 7.33. The summed E-state index contributed by atoms with van der Waals surface area (Å²) in [7, 11) is -3.69. The molecular formula is C14H14N2O2S. The predicted octanol–water partition coefficient (Wildman–Crippen LogP) is 1.59. The molecule has 5 heteroatoms. The number of terminal acetylenes is 1. The summed E-state index contributed by atoms with van der Waals surface area (Å²) in [5.74, 6) is 2.78. The molecule has 0 saturated heterocycles. The van der Waals surface area contributed by atoms with Gasteiger partial charge in [0.1, 0.15) is 6.07 Å². The number of benzene rings is 1. The normalized spacial score (nSPS) is 14.9. The second-order valence-electron chi connectivity index (χ2n) is 4.55. The second kappa shape index (κ2) is 5.44. The van der Waals surface area contributed by atoms with Crippen LogP contribution >= 0.6 is 0 Å². The van der Waals surface area contributed by atoms with Gasteiger partial charge in [0.15, 0.2) is 0 Å². The van der Waals surface area contributed by atoms with Gasteiger partial charge in [-0.2, -0.15) is 9.57 Å². The molecule has 1 saturated carbocycles. The summed E-state index contributed by atoms with van der Waals surface area (Å²) in [5.41, 5.74) is 0.153. The molecule has 0 spiro atoms. The van der Waals surface area contributed by atoms with E-state index in [0.29, 0.717) is 12.5 Å². The molecule has 0 amide bonds. The van der Waals surface area contributed by atoms with E-state index >= 15 is 0 Å². The fourth-order valence-electron chi connectivity index (χ4n) is 1.86. The summed E-state index contributed by atoms with van der Waals surface area (Å²) in [6, 6.07) is 8.11. The van der Waals surface area contributed by atoms with Crippen LogP contribution in [0.3, 0.4) is 0 Å². The summed E-state index contributed by atoms with van der Waals surface area (Å²) in [4.78, 5) is 0.0356. The van der Waals surface area contributed by atoms with Crippen LogP contribution in [-0.4, -0.2) is 25.8 Å². The standard InChI is InChI=1S/C14H14N2O2S/c1-2-9-16(11-12-7-8-12)19(17,18)14-6-4-3-5-13(14)10-15/h1,3-6,12H,7-9,11H2. The van der Waals surface area contributed by atoms with Gasteiger partial charge >= 0.3 is 0 Å². The minimum Gasteiger partial charge on any atom is -0.207 e. The number of hydrogen-bond donors (Lipinski definition) is 0. The third-order valence-corrected chi connectivity index (χ3v) is 4.92. The van der Waals surface area contributed by atoms with Crippen LogP contribution in [0.25, 0.3) is 0 Å². The molecule has 1 fully saturated rings. The average molecular weight is 274 g/mol. The lowest BCUT2D eigenvalue weighted by Crippen LogP contribution is -2.33. The van der Waals surface area contributed by atoms with Crippen LogP contribution in [0.4, 0.5) is 0 Å². The fourth-order valence-corrected chi connectivity index (χ4v) is 3.43. The predicted molar refractivity (Wildman–Crippen MR) is 71.5 cm³/mol. The van der Waals surface area contributed by atoms with Gasteiger partial charge in [-0.1, -0.05) is 18.1 Å². The van der Waals surface area contributed by atoms with Crippen molar-refractivity contribution >= 4 is 10.0 Å². The maximum Gasteiger partial charge on any atom is 0.245 e. The van der Waals surface area contributed by atoms with Crippen molar-refractivity contribution in [2.45, 2.75) is 17.7 Å². The van der Waals surface area contributed by atoms with Crippen molar-refractivity contribution in [2.75, 3.05) is 13.1 Å². The Hall–Kier alpha value is -1.82. The summed E-state index contributed by atoms with van der Waals surface area (Å²) in [6.45, 7) is 0.477. The quantitative estimate of drug-likeness (QED) is 0.766. The van der Waals surface area contributed by atoms with E-state index in [1.54, 1.807) is 12.1 Å². The van der Waals surface area contributed by atoms with Crippen molar-refractivity contribution in [3.63, 3.8) is 0 Å². The monoisotopic (exact) mass is 274 g/mol. The number of sulfonamides is 1. The molecule has 1 aromatic rings. The number of rotatable bonds is 5. The van der Waals surface area contributed by atoms with E-state index in [1.165, 1.54) is 16.4 Å². The molecule has 0 N–H and O–H groups in total. The van der Waals surface area contributed by atoms with Crippen molar-refractivity contribution < 1.29 is 8.42 Å². The van der Waals surface area contributed by atoms with Gasteiger partial charge in [-0.05, 0) is 30.9 Å². The Kier molecular flexibility index (Phi) is 3.90. The van der Waals surface area contributed by atoms with Crippen molar-refractivity contribution in [1.29, 1.82) is 5.26 Å². The Labute approximate surface area is 113 Å². The first-order valence-electron chi connectivity index (χ1n) is 6.02. The first kappa shape index (κ1) is 13.6. The van der Waals surface area contributed by atoms with Gasteiger partial charge in [0, 0.05) is 6.54 Å². The Bertz CT molecular complexity index is 649. The molecule has 0 aliphatic heterocycles. The van der Waals surface area contributed by atoms with Gasteiger partial charge in [0.25, 0.3) is 0 Å². The van der Waals surface area contributed by atoms with E-state index in [2.05, 4.69) is 5.92 Å². The maximum atomic E-state index is 12.5. The van der Waals surface area contributed by atoms with Crippen LogP contribution in [-0.2, 0) is 10.0 Å². The van der Waals surface area contributed by atoms with E-state index in [-0.39, 0.29) is 17.0 Å². The second-order valence-corrected chi connectivity index (χ2v) is 6.46. The summed E-state index contributed by atoms with van der Waals surface area (Å²) in [5, 5.41) is 9.01. The van der Waals surface area contributed by atoms with Crippen LogP contribution in [0, 0.1) is 29.6 Å². The Balaban J connectivity index is 2.38. The Morgan fingerprint density at radius 1 is 1.37 bits per heavy atom. The van der Waals surface area contributed by atoms with Gasteiger partial charge in [0.2, 0.25) is 10.0 Å². The molecule has 0 bridgehead atoms. The third-order valence-electron chi connectivity index (χ3n) is 3.05. The highest BCUT2D eigenvalue weighted by Crippen LogP contribution is 2.31. The van der Waals surface area contributed by atoms with Crippen molar-refractivity contribution in [3.05, 3.63) is 29.8 Å². The third kappa shape index (κ3) is 2.96. The van der Waals surface area contributed by atoms with Crippen LogP contribution in [0.1, 0.15) is 18.4 Å². The topological polar surface area (TPSA) is 61.2 Å². The zero-order valence-electron chi connectivity index (χ0n) is 10.4. The van der Waals surface area contributed by atoms with E-state index in [4.69, 9.17) is 11.7 Å². The molecule has 4 nitrogen and oxygen atoms in total. The summed E-state index contributed by atoms with van der Waals surface area (Å²) >= 11 is 0. The van der Waals surface area contributed by atoms with Gasteiger partial charge in [-0.15, -0.1) is 6.42 Å². The molecular weight excluding hydrogens is 260 g/mol. The molecule has 19 heavy (non-hydrogen) atoms. The maximum absolute atomic E-state index is 12.5. The van der Waals surface area contributed by atoms with Gasteiger partial charge in [-0.25, -0.2) is 8.42 Å². The highest BCUT2D eigenvalue weighted by Gasteiger charge is 2.32. The number of nitrogens with zero attached hydrogens (tertiary/aromatic N) is 2. The molecule has 1 aromatic carbocycles. The van der Waals surface area contributed by atoms with Gasteiger partial charge in [0.05, 0.1) is 17.0 Å². The van der Waals surface area contributed by atoms with Crippen LogP contribution in [0.15, 0.2) is 29.2 Å². The SMILES string of the molecule is C#CCN(CC1CC1)S(=O)(=O)c1ccccc1C#N. The molecule has 98 valence electrons. The van der Waals surface area contributed by atoms with Crippen molar-refractivity contribution in [3.8, 4) is 18.4 Å². The minimum absolute atomic E-state index is 0.0356. The lowest BCUT2D eigenvalue weighted by atomic mass is 10.2. The zero-order chi connectivity index (χ0) is 13.9. The average Bonchev–Trinajstić information content (AvgIpc) is 3.22. The van der Waals surface area contributed by atoms with Crippen molar-refractivity contribution in [2.24, 2.45) is 5.92 Å². The van der Waals surface area contributed by atoms with E-state index in [0.717, 1.165) is 12.8 Å². The summed E-state index contributed by atoms with van der Waals surface area (Å²) < 4.78 is 26.4.